The third-order valence-corrected chi connectivity index (χ3v) is 3.23. The van der Waals surface area contributed by atoms with Gasteiger partial charge in [-0.05, 0) is 37.1 Å². The zero-order chi connectivity index (χ0) is 12.3. The highest BCUT2D eigenvalue weighted by atomic mass is 35.5. The van der Waals surface area contributed by atoms with Crippen LogP contribution in [0.5, 0.6) is 0 Å². The summed E-state index contributed by atoms with van der Waals surface area (Å²) in [5.74, 6) is 0. The molecule has 0 spiro atoms. The SMILES string of the molecule is Cc1ccccc1C(C)Nc1ccccc1Cl. The number of halogens is 1. The van der Waals surface area contributed by atoms with Crippen molar-refractivity contribution in [3.63, 3.8) is 0 Å². The van der Waals surface area contributed by atoms with E-state index in [-0.39, 0.29) is 6.04 Å². The van der Waals surface area contributed by atoms with Crippen LogP contribution in [0.1, 0.15) is 24.1 Å². The summed E-state index contributed by atoms with van der Waals surface area (Å²) in [6, 6.07) is 16.4. The Morgan fingerprint density at radius 1 is 1.00 bits per heavy atom. The normalized spacial score (nSPS) is 12.2. The Labute approximate surface area is 107 Å². The molecule has 0 radical (unpaired) electrons. The molecule has 0 fully saturated rings. The average Bonchev–Trinajstić information content (AvgIpc) is 2.32. The second-order valence-corrected chi connectivity index (χ2v) is 4.61. The number of benzene rings is 2. The molecule has 17 heavy (non-hydrogen) atoms. The van der Waals surface area contributed by atoms with Crippen LogP contribution in [0.2, 0.25) is 5.02 Å². The second-order valence-electron chi connectivity index (χ2n) is 4.20. The van der Waals surface area contributed by atoms with Gasteiger partial charge in [0, 0.05) is 6.04 Å². The first-order valence-electron chi connectivity index (χ1n) is 5.75. The maximum atomic E-state index is 6.13. The number of para-hydroxylation sites is 1. The van der Waals surface area contributed by atoms with Crippen LogP contribution in [0.25, 0.3) is 0 Å². The summed E-state index contributed by atoms with van der Waals surface area (Å²) in [6.45, 7) is 4.27. The second kappa shape index (κ2) is 5.24. The maximum Gasteiger partial charge on any atom is 0.0637 e. The van der Waals surface area contributed by atoms with Crippen LogP contribution >= 0.6 is 11.6 Å². The molecule has 0 aromatic heterocycles. The van der Waals surface area contributed by atoms with E-state index < -0.39 is 0 Å². The molecule has 0 saturated carbocycles. The fourth-order valence-electron chi connectivity index (χ4n) is 1.96. The average molecular weight is 246 g/mol. The Balaban J connectivity index is 2.20. The summed E-state index contributed by atoms with van der Waals surface area (Å²) in [7, 11) is 0. The van der Waals surface area contributed by atoms with Gasteiger partial charge in [-0.25, -0.2) is 0 Å². The lowest BCUT2D eigenvalue weighted by atomic mass is 10.0. The van der Waals surface area contributed by atoms with E-state index in [0.29, 0.717) is 0 Å². The van der Waals surface area contributed by atoms with Crippen molar-refractivity contribution in [3.05, 3.63) is 64.7 Å². The van der Waals surface area contributed by atoms with Crippen molar-refractivity contribution in [3.8, 4) is 0 Å². The minimum atomic E-state index is 0.246. The Kier molecular flexibility index (Phi) is 3.70. The van der Waals surface area contributed by atoms with Crippen molar-refractivity contribution in [1.82, 2.24) is 0 Å². The quantitative estimate of drug-likeness (QED) is 0.817. The van der Waals surface area contributed by atoms with Crippen molar-refractivity contribution in [1.29, 1.82) is 0 Å². The number of aryl methyl sites for hydroxylation is 1. The third-order valence-electron chi connectivity index (χ3n) is 2.90. The molecule has 0 saturated heterocycles. The molecule has 0 aliphatic rings. The molecular formula is C15H16ClN. The van der Waals surface area contributed by atoms with Gasteiger partial charge in [-0.3, -0.25) is 0 Å². The number of rotatable bonds is 3. The van der Waals surface area contributed by atoms with Crippen LogP contribution in [-0.2, 0) is 0 Å². The molecule has 2 aromatic rings. The standard InChI is InChI=1S/C15H16ClN/c1-11-7-3-4-8-13(11)12(2)17-15-10-6-5-9-14(15)16/h3-10,12,17H,1-2H3. The van der Waals surface area contributed by atoms with Crippen molar-refractivity contribution in [2.75, 3.05) is 5.32 Å². The summed E-state index contributed by atoms with van der Waals surface area (Å²) < 4.78 is 0. The van der Waals surface area contributed by atoms with Crippen LogP contribution in [-0.4, -0.2) is 0 Å². The van der Waals surface area contributed by atoms with Gasteiger partial charge >= 0.3 is 0 Å². The van der Waals surface area contributed by atoms with E-state index in [9.17, 15) is 0 Å². The van der Waals surface area contributed by atoms with Gasteiger partial charge in [-0.2, -0.15) is 0 Å². The molecule has 1 nitrogen and oxygen atoms in total. The molecule has 1 atom stereocenters. The highest BCUT2D eigenvalue weighted by Gasteiger charge is 2.08. The van der Waals surface area contributed by atoms with Crippen LogP contribution in [0, 0.1) is 6.92 Å². The fourth-order valence-corrected chi connectivity index (χ4v) is 2.15. The van der Waals surface area contributed by atoms with Crippen molar-refractivity contribution in [2.24, 2.45) is 0 Å². The van der Waals surface area contributed by atoms with Gasteiger partial charge in [0.15, 0.2) is 0 Å². The Morgan fingerprint density at radius 2 is 1.65 bits per heavy atom. The predicted octanol–water partition coefficient (Wildman–Crippen LogP) is 4.82. The zero-order valence-corrected chi connectivity index (χ0v) is 10.8. The smallest absolute Gasteiger partial charge is 0.0637 e. The largest absolute Gasteiger partial charge is 0.377 e. The van der Waals surface area contributed by atoms with E-state index in [1.807, 2.05) is 24.3 Å². The van der Waals surface area contributed by atoms with E-state index in [0.717, 1.165) is 10.7 Å². The summed E-state index contributed by atoms with van der Waals surface area (Å²) in [6.07, 6.45) is 0. The molecule has 1 N–H and O–H groups in total. The van der Waals surface area contributed by atoms with Crippen LogP contribution in [0.4, 0.5) is 5.69 Å². The molecule has 0 aliphatic heterocycles. The van der Waals surface area contributed by atoms with Gasteiger partial charge < -0.3 is 5.32 Å². The van der Waals surface area contributed by atoms with Gasteiger partial charge in [0.2, 0.25) is 0 Å². The first-order chi connectivity index (χ1) is 8.18. The summed E-state index contributed by atoms with van der Waals surface area (Å²) in [5, 5.41) is 4.19. The van der Waals surface area contributed by atoms with E-state index >= 15 is 0 Å². The molecule has 2 rings (SSSR count). The first kappa shape index (κ1) is 12.0. The molecule has 88 valence electrons. The Bertz CT molecular complexity index is 508. The molecule has 1 unspecified atom stereocenters. The van der Waals surface area contributed by atoms with Crippen LogP contribution in [0.3, 0.4) is 0 Å². The molecule has 2 aromatic carbocycles. The highest BCUT2D eigenvalue weighted by Crippen LogP contribution is 2.26. The monoisotopic (exact) mass is 245 g/mol. The van der Waals surface area contributed by atoms with Crippen molar-refractivity contribution in [2.45, 2.75) is 19.9 Å². The minimum Gasteiger partial charge on any atom is -0.377 e. The molecule has 0 heterocycles. The molecule has 0 amide bonds. The lowest BCUT2D eigenvalue weighted by Gasteiger charge is -2.18. The number of hydrogen-bond acceptors (Lipinski definition) is 1. The lowest BCUT2D eigenvalue weighted by Crippen LogP contribution is -2.08. The molecular weight excluding hydrogens is 230 g/mol. The lowest BCUT2D eigenvalue weighted by molar-refractivity contribution is 0.874. The van der Waals surface area contributed by atoms with Gasteiger partial charge in [0.05, 0.1) is 10.7 Å². The number of hydrogen-bond donors (Lipinski definition) is 1. The minimum absolute atomic E-state index is 0.246. The van der Waals surface area contributed by atoms with E-state index in [1.54, 1.807) is 0 Å². The maximum absolute atomic E-state index is 6.13. The van der Waals surface area contributed by atoms with Gasteiger partial charge in [-0.15, -0.1) is 0 Å². The van der Waals surface area contributed by atoms with Crippen molar-refractivity contribution >= 4 is 17.3 Å². The van der Waals surface area contributed by atoms with E-state index in [1.165, 1.54) is 11.1 Å². The Morgan fingerprint density at radius 3 is 2.35 bits per heavy atom. The number of nitrogens with one attached hydrogen (secondary N) is 1. The van der Waals surface area contributed by atoms with Gasteiger partial charge in [0.1, 0.15) is 0 Å². The fraction of sp³-hybridized carbons (Fsp3) is 0.200. The predicted molar refractivity (Wildman–Crippen MR) is 74.7 cm³/mol. The molecule has 2 heteroatoms. The highest BCUT2D eigenvalue weighted by molar-refractivity contribution is 6.33. The van der Waals surface area contributed by atoms with Gasteiger partial charge in [0.25, 0.3) is 0 Å². The van der Waals surface area contributed by atoms with E-state index in [2.05, 4.69) is 43.4 Å². The van der Waals surface area contributed by atoms with Gasteiger partial charge in [-0.1, -0.05) is 48.0 Å². The molecule has 0 bridgehead atoms. The van der Waals surface area contributed by atoms with E-state index in [4.69, 9.17) is 11.6 Å². The topological polar surface area (TPSA) is 12.0 Å². The van der Waals surface area contributed by atoms with Crippen LogP contribution in [0.15, 0.2) is 48.5 Å². The summed E-state index contributed by atoms with van der Waals surface area (Å²) in [5.41, 5.74) is 3.57. The third kappa shape index (κ3) is 2.80. The Hall–Kier alpha value is -1.47. The molecule has 0 aliphatic carbocycles. The summed E-state index contributed by atoms with van der Waals surface area (Å²) >= 11 is 6.13. The first-order valence-corrected chi connectivity index (χ1v) is 6.13. The summed E-state index contributed by atoms with van der Waals surface area (Å²) in [4.78, 5) is 0. The van der Waals surface area contributed by atoms with Crippen LogP contribution < -0.4 is 5.32 Å². The zero-order valence-electron chi connectivity index (χ0n) is 10.1. The number of anilines is 1. The van der Waals surface area contributed by atoms with Crippen molar-refractivity contribution < 1.29 is 0 Å².